The molecule has 0 fully saturated rings. The fourth-order valence-corrected chi connectivity index (χ4v) is 3.26. The van der Waals surface area contributed by atoms with Crippen molar-refractivity contribution >= 4 is 32.7 Å². The van der Waals surface area contributed by atoms with Crippen LogP contribution in [-0.2, 0) is 10.0 Å². The van der Waals surface area contributed by atoms with Crippen molar-refractivity contribution in [3.8, 4) is 0 Å². The molecule has 2 heterocycles. The summed E-state index contributed by atoms with van der Waals surface area (Å²) in [6.45, 7) is 0. The van der Waals surface area contributed by atoms with Gasteiger partial charge in [-0.15, -0.1) is 10.2 Å². The molecule has 19 heavy (non-hydrogen) atoms. The summed E-state index contributed by atoms with van der Waals surface area (Å²) in [5.74, 6) is 0. The summed E-state index contributed by atoms with van der Waals surface area (Å²) in [4.78, 5) is 0.198. The summed E-state index contributed by atoms with van der Waals surface area (Å²) in [5.41, 5.74) is 0.258. The highest BCUT2D eigenvalue weighted by Crippen LogP contribution is 2.21. The quantitative estimate of drug-likeness (QED) is 0.727. The van der Waals surface area contributed by atoms with Crippen molar-refractivity contribution in [1.29, 1.82) is 0 Å². The normalized spacial score (nSPS) is 11.8. The molecule has 0 aliphatic heterocycles. The van der Waals surface area contributed by atoms with E-state index in [1.807, 2.05) is 0 Å². The van der Waals surface area contributed by atoms with Gasteiger partial charge >= 0.3 is 0 Å². The van der Waals surface area contributed by atoms with Crippen LogP contribution < -0.4 is 0 Å². The van der Waals surface area contributed by atoms with Gasteiger partial charge in [0.05, 0.1) is 4.90 Å². The maximum atomic E-state index is 12.5. The molecule has 3 rings (SSSR count). The summed E-state index contributed by atoms with van der Waals surface area (Å²) in [6.07, 6.45) is 1.44. The van der Waals surface area contributed by atoms with E-state index >= 15 is 0 Å². The Morgan fingerprint density at radius 1 is 1.05 bits per heavy atom. The average molecular weight is 294 g/mol. The van der Waals surface area contributed by atoms with Crippen LogP contribution in [-0.4, -0.2) is 22.6 Å². The molecular formula is C12H8ClN3O2S. The van der Waals surface area contributed by atoms with Crippen LogP contribution in [0.1, 0.15) is 0 Å². The number of nitrogens with zero attached hydrogens (tertiary/aromatic N) is 3. The third kappa shape index (κ3) is 1.98. The smallest absolute Gasteiger partial charge is 0.222 e. The van der Waals surface area contributed by atoms with E-state index in [1.165, 1.54) is 18.3 Å². The highest BCUT2D eigenvalue weighted by molar-refractivity contribution is 7.90. The number of hydrogen-bond acceptors (Lipinski definition) is 4. The lowest BCUT2D eigenvalue weighted by molar-refractivity contribution is 0.588. The van der Waals surface area contributed by atoms with Gasteiger partial charge < -0.3 is 0 Å². The molecule has 0 amide bonds. The van der Waals surface area contributed by atoms with E-state index < -0.39 is 10.0 Å². The Kier molecular flexibility index (Phi) is 2.76. The maximum Gasteiger partial charge on any atom is 0.269 e. The Hall–Kier alpha value is -1.92. The van der Waals surface area contributed by atoms with Crippen LogP contribution >= 0.6 is 11.6 Å². The molecule has 5 nitrogen and oxygen atoms in total. The summed E-state index contributed by atoms with van der Waals surface area (Å²) in [5, 5.41) is 8.36. The van der Waals surface area contributed by atoms with Gasteiger partial charge in [-0.25, -0.2) is 12.4 Å². The zero-order valence-electron chi connectivity index (χ0n) is 9.56. The van der Waals surface area contributed by atoms with Gasteiger partial charge in [0, 0.05) is 11.6 Å². The largest absolute Gasteiger partial charge is 0.269 e. The minimum Gasteiger partial charge on any atom is -0.222 e. The predicted molar refractivity (Wildman–Crippen MR) is 71.6 cm³/mol. The second kappa shape index (κ2) is 4.32. The molecule has 0 bridgehead atoms. The average Bonchev–Trinajstić information content (AvgIpc) is 2.83. The molecule has 0 atom stereocenters. The first-order chi connectivity index (χ1) is 9.09. The second-order valence-electron chi connectivity index (χ2n) is 3.88. The molecule has 0 N–H and O–H groups in total. The lowest BCUT2D eigenvalue weighted by atomic mass is 10.4. The minimum absolute atomic E-state index is 0.198. The molecule has 0 aliphatic carbocycles. The molecule has 0 aliphatic rings. The van der Waals surface area contributed by atoms with Gasteiger partial charge in [0.1, 0.15) is 0 Å². The van der Waals surface area contributed by atoms with Crippen LogP contribution in [0.25, 0.3) is 11.0 Å². The van der Waals surface area contributed by atoms with Crippen molar-refractivity contribution in [1.82, 2.24) is 14.2 Å². The summed E-state index contributed by atoms with van der Waals surface area (Å²) in [7, 11) is -3.66. The lowest BCUT2D eigenvalue weighted by Crippen LogP contribution is -2.12. The van der Waals surface area contributed by atoms with Gasteiger partial charge in [0.25, 0.3) is 10.0 Å². The first-order valence-corrected chi connectivity index (χ1v) is 7.22. The van der Waals surface area contributed by atoms with Crippen LogP contribution in [0.5, 0.6) is 0 Å². The Labute approximate surface area is 114 Å². The van der Waals surface area contributed by atoms with Gasteiger partial charge in [0.2, 0.25) is 0 Å². The SMILES string of the molecule is O=S(=O)(c1ccccc1)n1ccc2cc(Cl)nnc21. The van der Waals surface area contributed by atoms with Gasteiger partial charge in [-0.1, -0.05) is 29.8 Å². The van der Waals surface area contributed by atoms with E-state index in [0.717, 1.165) is 3.97 Å². The predicted octanol–water partition coefficient (Wildman–Crippen LogP) is 2.32. The molecule has 2 aromatic heterocycles. The molecule has 1 aromatic carbocycles. The van der Waals surface area contributed by atoms with E-state index in [2.05, 4.69) is 10.2 Å². The van der Waals surface area contributed by atoms with Gasteiger partial charge in [-0.3, -0.25) is 0 Å². The molecule has 0 radical (unpaired) electrons. The monoisotopic (exact) mass is 293 g/mol. The third-order valence-corrected chi connectivity index (χ3v) is 4.54. The van der Waals surface area contributed by atoms with Crippen molar-refractivity contribution in [2.75, 3.05) is 0 Å². The summed E-state index contributed by atoms with van der Waals surface area (Å²) >= 11 is 5.73. The number of rotatable bonds is 2. The van der Waals surface area contributed by atoms with Crippen molar-refractivity contribution in [3.63, 3.8) is 0 Å². The van der Waals surface area contributed by atoms with Crippen molar-refractivity contribution in [2.24, 2.45) is 0 Å². The van der Waals surface area contributed by atoms with Crippen LogP contribution in [0.3, 0.4) is 0 Å². The number of benzene rings is 1. The van der Waals surface area contributed by atoms with Gasteiger partial charge in [0.15, 0.2) is 10.8 Å². The van der Waals surface area contributed by atoms with Crippen LogP contribution in [0.2, 0.25) is 5.15 Å². The molecule has 0 saturated heterocycles. The second-order valence-corrected chi connectivity index (χ2v) is 6.08. The summed E-state index contributed by atoms with van der Waals surface area (Å²) < 4.78 is 26.0. The van der Waals surface area contributed by atoms with Gasteiger partial charge in [-0.05, 0) is 24.3 Å². The number of fused-ring (bicyclic) bond motifs is 1. The Bertz CT molecular complexity index is 844. The number of hydrogen-bond donors (Lipinski definition) is 0. The molecule has 96 valence electrons. The first kappa shape index (κ1) is 12.1. The Morgan fingerprint density at radius 2 is 1.79 bits per heavy atom. The van der Waals surface area contributed by atoms with E-state index in [0.29, 0.717) is 5.39 Å². The third-order valence-electron chi connectivity index (χ3n) is 2.67. The van der Waals surface area contributed by atoms with Gasteiger partial charge in [-0.2, -0.15) is 0 Å². The molecule has 0 unspecified atom stereocenters. The fourth-order valence-electron chi connectivity index (χ4n) is 1.79. The highest BCUT2D eigenvalue weighted by Gasteiger charge is 2.19. The molecule has 0 spiro atoms. The Morgan fingerprint density at radius 3 is 2.53 bits per heavy atom. The molecule has 7 heteroatoms. The van der Waals surface area contributed by atoms with E-state index in [9.17, 15) is 8.42 Å². The van der Waals surface area contributed by atoms with Crippen LogP contribution in [0.15, 0.2) is 53.6 Å². The fraction of sp³-hybridized carbons (Fsp3) is 0. The highest BCUT2D eigenvalue weighted by atomic mass is 35.5. The molecular weight excluding hydrogens is 286 g/mol. The standard InChI is InChI=1S/C12H8ClN3O2S/c13-11-8-9-6-7-16(12(9)15-14-11)19(17,18)10-4-2-1-3-5-10/h1-8H. The zero-order valence-corrected chi connectivity index (χ0v) is 11.1. The first-order valence-electron chi connectivity index (χ1n) is 5.40. The molecule has 0 saturated carbocycles. The van der Waals surface area contributed by atoms with E-state index in [4.69, 9.17) is 11.6 Å². The molecule has 3 aromatic rings. The summed E-state index contributed by atoms with van der Waals surface area (Å²) in [6, 6.07) is 11.4. The van der Waals surface area contributed by atoms with Crippen molar-refractivity contribution in [2.45, 2.75) is 4.90 Å². The number of halogens is 1. The lowest BCUT2D eigenvalue weighted by Gasteiger charge is -2.06. The maximum absolute atomic E-state index is 12.5. The van der Waals surface area contributed by atoms with Crippen molar-refractivity contribution in [3.05, 3.63) is 53.8 Å². The number of aromatic nitrogens is 3. The van der Waals surface area contributed by atoms with Crippen LogP contribution in [0, 0.1) is 0 Å². The van der Waals surface area contributed by atoms with Crippen molar-refractivity contribution < 1.29 is 8.42 Å². The minimum atomic E-state index is -3.66. The van der Waals surface area contributed by atoms with Crippen LogP contribution in [0.4, 0.5) is 0 Å². The van der Waals surface area contributed by atoms with E-state index in [-0.39, 0.29) is 15.7 Å². The van der Waals surface area contributed by atoms with E-state index in [1.54, 1.807) is 30.3 Å². The zero-order chi connectivity index (χ0) is 13.5. The Balaban J connectivity index is 2.25. The topological polar surface area (TPSA) is 64.8 Å².